The summed E-state index contributed by atoms with van der Waals surface area (Å²) in [5.74, 6) is 0. The number of nitrogens with one attached hydrogen (secondary N) is 1. The average molecular weight is 311 g/mol. The Morgan fingerprint density at radius 2 is 2.10 bits per heavy atom. The number of hydrogen-bond donors (Lipinski definition) is 2. The first-order chi connectivity index (χ1) is 9.58. The molecule has 1 aromatic carbocycles. The van der Waals surface area contributed by atoms with Crippen LogP contribution < -0.4 is 5.32 Å². The fourth-order valence-corrected chi connectivity index (χ4v) is 2.34. The Labute approximate surface area is 128 Å². The molecule has 20 heavy (non-hydrogen) atoms. The number of nitrogens with zero attached hydrogens (tertiary/aromatic N) is 1. The lowest BCUT2D eigenvalue weighted by Crippen LogP contribution is -2.24. The van der Waals surface area contributed by atoms with Crippen molar-refractivity contribution < 1.29 is 5.11 Å². The van der Waals surface area contributed by atoms with Gasteiger partial charge in [-0.2, -0.15) is 0 Å². The van der Waals surface area contributed by atoms with Crippen LogP contribution in [0.25, 0.3) is 0 Å². The highest BCUT2D eigenvalue weighted by atomic mass is 35.5. The van der Waals surface area contributed by atoms with E-state index >= 15 is 0 Å². The number of hydrogen-bond acceptors (Lipinski definition) is 3. The molecule has 2 rings (SSSR count). The SMILES string of the molecule is C[C@@H](NCC(O)c1cc(Cl)ccc1Cl)c1cccnc1. The summed E-state index contributed by atoms with van der Waals surface area (Å²) in [4.78, 5) is 4.08. The maximum Gasteiger partial charge on any atom is 0.0929 e. The van der Waals surface area contributed by atoms with E-state index in [-0.39, 0.29) is 6.04 Å². The van der Waals surface area contributed by atoms with Gasteiger partial charge in [0.1, 0.15) is 0 Å². The molecule has 106 valence electrons. The molecule has 0 aliphatic rings. The second-order valence-electron chi connectivity index (χ2n) is 4.60. The minimum Gasteiger partial charge on any atom is -0.387 e. The van der Waals surface area contributed by atoms with Crippen LogP contribution in [0, 0.1) is 0 Å². The molecule has 0 amide bonds. The lowest BCUT2D eigenvalue weighted by atomic mass is 10.1. The molecule has 0 aliphatic heterocycles. The van der Waals surface area contributed by atoms with E-state index in [0.717, 1.165) is 5.56 Å². The van der Waals surface area contributed by atoms with Crippen LogP contribution in [0.4, 0.5) is 0 Å². The van der Waals surface area contributed by atoms with Gasteiger partial charge >= 0.3 is 0 Å². The van der Waals surface area contributed by atoms with Gasteiger partial charge in [0.2, 0.25) is 0 Å². The molecule has 3 nitrogen and oxygen atoms in total. The summed E-state index contributed by atoms with van der Waals surface area (Å²) in [6, 6.07) is 9.04. The first-order valence-corrected chi connectivity index (χ1v) is 7.10. The Morgan fingerprint density at radius 3 is 2.80 bits per heavy atom. The molecule has 0 fully saturated rings. The third kappa shape index (κ3) is 3.93. The molecule has 0 radical (unpaired) electrons. The van der Waals surface area contributed by atoms with Crippen molar-refractivity contribution >= 4 is 23.2 Å². The summed E-state index contributed by atoms with van der Waals surface area (Å²) < 4.78 is 0. The van der Waals surface area contributed by atoms with Crippen LogP contribution in [0.3, 0.4) is 0 Å². The van der Waals surface area contributed by atoms with Crippen molar-refractivity contribution in [1.29, 1.82) is 0 Å². The Hall–Kier alpha value is -1.13. The van der Waals surface area contributed by atoms with Gasteiger partial charge in [0.05, 0.1) is 6.10 Å². The van der Waals surface area contributed by atoms with Crippen molar-refractivity contribution in [3.63, 3.8) is 0 Å². The molecule has 2 aromatic rings. The van der Waals surface area contributed by atoms with E-state index in [0.29, 0.717) is 22.2 Å². The number of rotatable bonds is 5. The van der Waals surface area contributed by atoms with Crippen molar-refractivity contribution in [1.82, 2.24) is 10.3 Å². The van der Waals surface area contributed by atoms with Gasteiger partial charge in [-0.3, -0.25) is 4.98 Å². The molecular formula is C15H16Cl2N2O. The molecule has 0 bridgehead atoms. The van der Waals surface area contributed by atoms with Crippen molar-refractivity contribution in [3.8, 4) is 0 Å². The van der Waals surface area contributed by atoms with Gasteiger partial charge in [0.25, 0.3) is 0 Å². The van der Waals surface area contributed by atoms with E-state index in [1.807, 2.05) is 19.1 Å². The largest absolute Gasteiger partial charge is 0.387 e. The highest BCUT2D eigenvalue weighted by Crippen LogP contribution is 2.26. The molecule has 0 saturated heterocycles. The Bertz CT molecular complexity index is 563. The van der Waals surface area contributed by atoms with Gasteiger partial charge in [-0.05, 0) is 36.8 Å². The van der Waals surface area contributed by atoms with E-state index in [4.69, 9.17) is 23.2 Å². The zero-order chi connectivity index (χ0) is 14.5. The number of benzene rings is 1. The van der Waals surface area contributed by atoms with Crippen molar-refractivity contribution in [2.45, 2.75) is 19.1 Å². The van der Waals surface area contributed by atoms with Crippen LogP contribution in [0.1, 0.15) is 30.2 Å². The van der Waals surface area contributed by atoms with Gasteiger partial charge in [0, 0.05) is 40.6 Å². The van der Waals surface area contributed by atoms with Crippen molar-refractivity contribution in [3.05, 3.63) is 63.9 Å². The molecule has 0 saturated carbocycles. The number of aromatic nitrogens is 1. The van der Waals surface area contributed by atoms with Crippen LogP contribution in [0.2, 0.25) is 10.0 Å². The summed E-state index contributed by atoms with van der Waals surface area (Å²) in [6.45, 7) is 2.40. The quantitative estimate of drug-likeness (QED) is 0.883. The number of aliphatic hydroxyl groups is 1. The maximum atomic E-state index is 10.2. The molecule has 2 N–H and O–H groups in total. The van der Waals surface area contributed by atoms with E-state index in [1.54, 1.807) is 30.6 Å². The Kier molecular flexibility index (Phi) is 5.38. The third-order valence-corrected chi connectivity index (χ3v) is 3.70. The Morgan fingerprint density at radius 1 is 1.30 bits per heavy atom. The molecule has 1 heterocycles. The zero-order valence-corrected chi connectivity index (χ0v) is 12.6. The minimum absolute atomic E-state index is 0.0938. The monoisotopic (exact) mass is 310 g/mol. The molecule has 1 unspecified atom stereocenters. The summed E-state index contributed by atoms with van der Waals surface area (Å²) in [7, 11) is 0. The predicted octanol–water partition coefficient (Wildman–Crippen LogP) is 3.77. The summed E-state index contributed by atoms with van der Waals surface area (Å²) in [5, 5.41) is 14.5. The van der Waals surface area contributed by atoms with E-state index < -0.39 is 6.10 Å². The van der Waals surface area contributed by atoms with E-state index in [9.17, 15) is 5.11 Å². The first kappa shape index (κ1) is 15.3. The third-order valence-electron chi connectivity index (χ3n) is 3.12. The van der Waals surface area contributed by atoms with Gasteiger partial charge in [-0.15, -0.1) is 0 Å². The lowest BCUT2D eigenvalue weighted by Gasteiger charge is -2.18. The highest BCUT2D eigenvalue weighted by molar-refractivity contribution is 6.33. The van der Waals surface area contributed by atoms with Crippen LogP contribution >= 0.6 is 23.2 Å². The summed E-state index contributed by atoms with van der Waals surface area (Å²) >= 11 is 12.0. The van der Waals surface area contributed by atoms with E-state index in [1.165, 1.54) is 0 Å². The first-order valence-electron chi connectivity index (χ1n) is 6.34. The van der Waals surface area contributed by atoms with Crippen LogP contribution in [-0.4, -0.2) is 16.6 Å². The number of aliphatic hydroxyl groups excluding tert-OH is 1. The lowest BCUT2D eigenvalue weighted by molar-refractivity contribution is 0.171. The zero-order valence-electron chi connectivity index (χ0n) is 11.1. The normalized spacial score (nSPS) is 14.0. The maximum absolute atomic E-state index is 10.2. The van der Waals surface area contributed by atoms with Gasteiger partial charge in [-0.1, -0.05) is 29.3 Å². The van der Waals surface area contributed by atoms with Crippen LogP contribution in [0.5, 0.6) is 0 Å². The number of pyridine rings is 1. The van der Waals surface area contributed by atoms with Crippen molar-refractivity contribution in [2.24, 2.45) is 0 Å². The molecule has 0 spiro atoms. The summed E-state index contributed by atoms with van der Waals surface area (Å²) in [6.07, 6.45) is 2.83. The molecule has 0 aliphatic carbocycles. The van der Waals surface area contributed by atoms with Gasteiger partial charge < -0.3 is 10.4 Å². The standard InChI is InChI=1S/C15H16Cl2N2O/c1-10(11-3-2-6-18-8-11)19-9-15(20)13-7-12(16)4-5-14(13)17/h2-8,10,15,19-20H,9H2,1H3/t10-,15?/m1/s1. The second-order valence-corrected chi connectivity index (χ2v) is 5.44. The van der Waals surface area contributed by atoms with Gasteiger partial charge in [0.15, 0.2) is 0 Å². The topological polar surface area (TPSA) is 45.1 Å². The minimum atomic E-state index is -0.708. The highest BCUT2D eigenvalue weighted by Gasteiger charge is 2.14. The van der Waals surface area contributed by atoms with Crippen molar-refractivity contribution in [2.75, 3.05) is 6.54 Å². The predicted molar refractivity (Wildman–Crippen MR) is 82.1 cm³/mol. The second kappa shape index (κ2) is 7.04. The molecular weight excluding hydrogens is 295 g/mol. The van der Waals surface area contributed by atoms with Crippen LogP contribution in [-0.2, 0) is 0 Å². The smallest absolute Gasteiger partial charge is 0.0929 e. The number of halogens is 2. The molecule has 5 heteroatoms. The molecule has 2 atom stereocenters. The average Bonchev–Trinajstić information content (AvgIpc) is 2.47. The van der Waals surface area contributed by atoms with Crippen LogP contribution in [0.15, 0.2) is 42.7 Å². The molecule has 1 aromatic heterocycles. The summed E-state index contributed by atoms with van der Waals surface area (Å²) in [5.41, 5.74) is 1.70. The van der Waals surface area contributed by atoms with E-state index in [2.05, 4.69) is 10.3 Å². The fraction of sp³-hybridized carbons (Fsp3) is 0.267. The fourth-order valence-electron chi connectivity index (χ4n) is 1.92. The Balaban J connectivity index is 1.98. The van der Waals surface area contributed by atoms with Gasteiger partial charge in [-0.25, -0.2) is 0 Å².